The Labute approximate surface area is 151 Å². The molecule has 0 bridgehead atoms. The van der Waals surface area contributed by atoms with Crippen molar-refractivity contribution in [2.24, 2.45) is 0 Å². The predicted octanol–water partition coefficient (Wildman–Crippen LogP) is 2.56. The minimum atomic E-state index is -0.0951. The summed E-state index contributed by atoms with van der Waals surface area (Å²) >= 11 is 0. The second-order valence-electron chi connectivity index (χ2n) is 7.53. The Morgan fingerprint density at radius 1 is 1.08 bits per heavy atom. The molecule has 134 valence electrons. The van der Waals surface area contributed by atoms with Crippen molar-refractivity contribution in [1.82, 2.24) is 20.2 Å². The highest BCUT2D eigenvalue weighted by Gasteiger charge is 2.20. The van der Waals surface area contributed by atoms with E-state index in [1.165, 1.54) is 11.1 Å². The molecule has 0 unspecified atom stereocenters. The van der Waals surface area contributed by atoms with Crippen molar-refractivity contribution in [1.29, 1.82) is 0 Å². The summed E-state index contributed by atoms with van der Waals surface area (Å²) in [6.45, 7) is 11.4. The first-order valence-electron chi connectivity index (χ1n) is 9.01. The Morgan fingerprint density at radius 3 is 2.40 bits per heavy atom. The van der Waals surface area contributed by atoms with E-state index in [9.17, 15) is 0 Å². The quantitative estimate of drug-likeness (QED) is 0.907. The van der Waals surface area contributed by atoms with Crippen LogP contribution < -0.4 is 10.2 Å². The summed E-state index contributed by atoms with van der Waals surface area (Å²) in [4.78, 5) is 13.7. The van der Waals surface area contributed by atoms with Gasteiger partial charge < -0.3 is 15.1 Å². The van der Waals surface area contributed by atoms with Crippen LogP contribution in [0.4, 0.5) is 5.95 Å². The lowest BCUT2D eigenvalue weighted by atomic mass is 9.93. The third kappa shape index (κ3) is 4.55. The summed E-state index contributed by atoms with van der Waals surface area (Å²) in [7, 11) is 2.16. The molecule has 1 saturated heterocycles. The van der Waals surface area contributed by atoms with Crippen molar-refractivity contribution < 1.29 is 0 Å². The fraction of sp³-hybridized carbons (Fsp3) is 0.500. The van der Waals surface area contributed by atoms with Crippen LogP contribution in [0.5, 0.6) is 0 Å². The van der Waals surface area contributed by atoms with Gasteiger partial charge in [-0.25, -0.2) is 9.97 Å². The highest BCUT2D eigenvalue weighted by atomic mass is 15.3. The Bertz CT molecular complexity index is 687. The molecule has 1 aliphatic rings. The summed E-state index contributed by atoms with van der Waals surface area (Å²) in [6, 6.07) is 8.65. The lowest BCUT2D eigenvalue weighted by Gasteiger charge is -2.32. The highest BCUT2D eigenvalue weighted by Crippen LogP contribution is 2.21. The van der Waals surface area contributed by atoms with Crippen LogP contribution in [0.25, 0.3) is 0 Å². The molecule has 1 fully saturated rings. The van der Waals surface area contributed by atoms with Gasteiger partial charge in [-0.3, -0.25) is 0 Å². The van der Waals surface area contributed by atoms with Gasteiger partial charge in [0.1, 0.15) is 0 Å². The van der Waals surface area contributed by atoms with Crippen LogP contribution in [0.1, 0.15) is 30.5 Å². The first-order chi connectivity index (χ1) is 11.9. The Morgan fingerprint density at radius 2 is 1.76 bits per heavy atom. The van der Waals surface area contributed by atoms with Crippen LogP contribution >= 0.6 is 0 Å². The topological polar surface area (TPSA) is 44.3 Å². The summed E-state index contributed by atoms with van der Waals surface area (Å²) in [5.74, 6) is 0.842. The van der Waals surface area contributed by atoms with Gasteiger partial charge >= 0.3 is 0 Å². The van der Waals surface area contributed by atoms with Crippen molar-refractivity contribution in [3.05, 3.63) is 53.3 Å². The molecule has 1 N–H and O–H groups in total. The normalized spacial score (nSPS) is 16.2. The average Bonchev–Trinajstić information content (AvgIpc) is 2.61. The number of nitrogens with zero attached hydrogens (tertiary/aromatic N) is 4. The van der Waals surface area contributed by atoms with Crippen molar-refractivity contribution in [2.45, 2.75) is 32.9 Å². The summed E-state index contributed by atoms with van der Waals surface area (Å²) in [6.07, 6.45) is 3.89. The van der Waals surface area contributed by atoms with Gasteiger partial charge in [-0.15, -0.1) is 0 Å². The second kappa shape index (κ2) is 7.50. The number of anilines is 1. The maximum absolute atomic E-state index is 4.57. The molecule has 2 aromatic rings. The fourth-order valence-corrected chi connectivity index (χ4v) is 3.07. The Kier molecular flexibility index (Phi) is 5.35. The van der Waals surface area contributed by atoms with Gasteiger partial charge in [0.25, 0.3) is 0 Å². The van der Waals surface area contributed by atoms with Crippen LogP contribution in [0.3, 0.4) is 0 Å². The molecule has 2 heterocycles. The van der Waals surface area contributed by atoms with E-state index in [2.05, 4.69) is 77.2 Å². The van der Waals surface area contributed by atoms with Crippen molar-refractivity contribution in [3.63, 3.8) is 0 Å². The van der Waals surface area contributed by atoms with E-state index < -0.39 is 0 Å². The smallest absolute Gasteiger partial charge is 0.225 e. The monoisotopic (exact) mass is 339 g/mol. The molecular formula is C20H29N5. The van der Waals surface area contributed by atoms with Gasteiger partial charge in [0.15, 0.2) is 0 Å². The number of piperazine rings is 1. The molecule has 5 nitrogen and oxygen atoms in total. The van der Waals surface area contributed by atoms with E-state index in [-0.39, 0.29) is 5.54 Å². The third-order valence-corrected chi connectivity index (χ3v) is 4.95. The summed E-state index contributed by atoms with van der Waals surface area (Å²) in [5, 5.41) is 3.62. The molecule has 3 rings (SSSR count). The maximum Gasteiger partial charge on any atom is 0.225 e. The number of rotatable bonds is 5. The van der Waals surface area contributed by atoms with Gasteiger partial charge in [0.05, 0.1) is 0 Å². The molecule has 0 saturated carbocycles. The first kappa shape index (κ1) is 17.8. The molecule has 25 heavy (non-hydrogen) atoms. The van der Waals surface area contributed by atoms with E-state index in [0.29, 0.717) is 0 Å². The molecule has 1 aliphatic heterocycles. The summed E-state index contributed by atoms with van der Waals surface area (Å²) < 4.78 is 0. The van der Waals surface area contributed by atoms with E-state index >= 15 is 0 Å². The van der Waals surface area contributed by atoms with Crippen molar-refractivity contribution >= 4 is 5.95 Å². The number of benzene rings is 1. The van der Waals surface area contributed by atoms with Gasteiger partial charge in [0.2, 0.25) is 5.95 Å². The van der Waals surface area contributed by atoms with E-state index in [1.807, 2.05) is 12.4 Å². The number of hydrogen-bond donors (Lipinski definition) is 1. The van der Waals surface area contributed by atoms with E-state index in [0.717, 1.165) is 44.2 Å². The number of likely N-dealkylation sites (N-methyl/N-ethyl adjacent to an activating group) is 1. The number of hydrogen-bond acceptors (Lipinski definition) is 5. The zero-order valence-electron chi connectivity index (χ0n) is 15.8. The van der Waals surface area contributed by atoms with Gasteiger partial charge in [-0.1, -0.05) is 29.8 Å². The van der Waals surface area contributed by atoms with Crippen LogP contribution in [-0.2, 0) is 12.1 Å². The lowest BCUT2D eigenvalue weighted by Crippen LogP contribution is -2.45. The minimum absolute atomic E-state index is 0.0951. The van der Waals surface area contributed by atoms with Crippen LogP contribution in [0.15, 0.2) is 36.7 Å². The first-order valence-corrected chi connectivity index (χ1v) is 9.01. The average molecular weight is 339 g/mol. The van der Waals surface area contributed by atoms with Gasteiger partial charge in [-0.2, -0.15) is 0 Å². The minimum Gasteiger partial charge on any atom is -0.338 e. The van der Waals surface area contributed by atoms with E-state index in [1.54, 1.807) is 0 Å². The van der Waals surface area contributed by atoms with Gasteiger partial charge in [-0.05, 0) is 33.4 Å². The highest BCUT2D eigenvalue weighted by molar-refractivity contribution is 5.31. The Balaban J connectivity index is 1.60. The largest absolute Gasteiger partial charge is 0.338 e. The molecule has 1 aromatic carbocycles. The zero-order chi connectivity index (χ0) is 17.9. The second-order valence-corrected chi connectivity index (χ2v) is 7.53. The standard InChI is InChI=1S/C20H29N5/c1-16-6-5-7-18(12-16)20(2,3)23-15-17-13-21-19(22-14-17)25-10-8-24(4)9-11-25/h5-7,12-14,23H,8-11,15H2,1-4H3. The fourth-order valence-electron chi connectivity index (χ4n) is 3.07. The predicted molar refractivity (Wildman–Crippen MR) is 103 cm³/mol. The maximum atomic E-state index is 4.57. The number of nitrogens with one attached hydrogen (secondary N) is 1. The van der Waals surface area contributed by atoms with Crippen LogP contribution in [-0.4, -0.2) is 48.1 Å². The van der Waals surface area contributed by atoms with E-state index in [4.69, 9.17) is 0 Å². The molecule has 0 radical (unpaired) electrons. The summed E-state index contributed by atoms with van der Waals surface area (Å²) in [5.41, 5.74) is 3.59. The van der Waals surface area contributed by atoms with Gasteiger partial charge in [0, 0.05) is 56.2 Å². The SMILES string of the molecule is Cc1cccc(C(C)(C)NCc2cnc(N3CCN(C)CC3)nc2)c1. The molecular weight excluding hydrogens is 310 g/mol. The number of aryl methyl sites for hydroxylation is 1. The van der Waals surface area contributed by atoms with Crippen molar-refractivity contribution in [3.8, 4) is 0 Å². The van der Waals surface area contributed by atoms with Crippen molar-refractivity contribution in [2.75, 3.05) is 38.1 Å². The van der Waals surface area contributed by atoms with Crippen LogP contribution in [0.2, 0.25) is 0 Å². The molecule has 5 heteroatoms. The van der Waals surface area contributed by atoms with Crippen LogP contribution in [0, 0.1) is 6.92 Å². The molecule has 0 spiro atoms. The molecule has 0 atom stereocenters. The lowest BCUT2D eigenvalue weighted by molar-refractivity contribution is 0.311. The molecule has 0 amide bonds. The zero-order valence-corrected chi connectivity index (χ0v) is 15.8. The molecule has 1 aromatic heterocycles. The third-order valence-electron chi connectivity index (χ3n) is 4.95. The molecule has 0 aliphatic carbocycles. The Hall–Kier alpha value is -1.98. The number of aromatic nitrogens is 2.